The Labute approximate surface area is 211 Å². The van der Waals surface area contributed by atoms with E-state index in [4.69, 9.17) is 4.74 Å². The Bertz CT molecular complexity index is 947. The second-order valence-electron chi connectivity index (χ2n) is 10.3. The fourth-order valence-corrected chi connectivity index (χ4v) is 4.90. The fourth-order valence-electron chi connectivity index (χ4n) is 4.90. The molecular weight excluding hydrogens is 436 g/mol. The van der Waals surface area contributed by atoms with Crippen LogP contribution in [0, 0.1) is 25.7 Å². The highest BCUT2D eigenvalue weighted by Gasteiger charge is 2.34. The van der Waals surface area contributed by atoms with E-state index in [1.54, 1.807) is 11.8 Å². The average Bonchev–Trinajstić information content (AvgIpc) is 2.86. The molecule has 1 amide bonds. The van der Waals surface area contributed by atoms with Crippen molar-refractivity contribution in [1.82, 2.24) is 10.2 Å². The maximum atomic E-state index is 12.3. The number of benzene rings is 2. The van der Waals surface area contributed by atoms with Crippen LogP contribution in [0.1, 0.15) is 80.8 Å². The summed E-state index contributed by atoms with van der Waals surface area (Å²) in [7, 11) is 0. The summed E-state index contributed by atoms with van der Waals surface area (Å²) in [4.78, 5) is 25.8. The Morgan fingerprint density at radius 3 is 1.97 bits per heavy atom. The van der Waals surface area contributed by atoms with Crippen LogP contribution in [0.5, 0.6) is 0 Å². The standard InChI is InChI=1S/C17H23NO3.C13H19N/c1-4-21-17(20)16(19)18-11-13(3)7-10-15(18)14-8-5-12(2)6-9-14;1-10-3-6-12(7-4-10)13-8-5-11(2)9-14-13/h5-6,8-9,13,15H,4,7,10-11H2,1-3H3;3-4,6-7,11,13-14H,5,8-9H2,1-2H3. The van der Waals surface area contributed by atoms with E-state index in [2.05, 4.69) is 50.4 Å². The number of carbonyl (C=O) groups excluding carboxylic acids is 2. The van der Waals surface area contributed by atoms with Gasteiger partial charge in [-0.05, 0) is 76.0 Å². The number of nitrogens with zero attached hydrogens (tertiary/aromatic N) is 1. The van der Waals surface area contributed by atoms with Gasteiger partial charge in [-0.2, -0.15) is 0 Å². The van der Waals surface area contributed by atoms with Crippen molar-refractivity contribution in [1.29, 1.82) is 0 Å². The Morgan fingerprint density at radius 1 is 0.857 bits per heavy atom. The first-order valence-corrected chi connectivity index (χ1v) is 13.1. The third kappa shape index (κ3) is 7.66. The van der Waals surface area contributed by atoms with Crippen LogP contribution in [0.4, 0.5) is 0 Å². The molecule has 4 rings (SSSR count). The van der Waals surface area contributed by atoms with Crippen molar-refractivity contribution in [2.45, 2.75) is 72.4 Å². The van der Waals surface area contributed by atoms with Gasteiger partial charge < -0.3 is 15.0 Å². The zero-order valence-electron chi connectivity index (χ0n) is 22.0. The highest BCUT2D eigenvalue weighted by atomic mass is 16.5. The molecule has 0 saturated carbocycles. The topological polar surface area (TPSA) is 58.6 Å². The van der Waals surface area contributed by atoms with Gasteiger partial charge in [0.15, 0.2) is 0 Å². The van der Waals surface area contributed by atoms with Crippen LogP contribution in [0.25, 0.3) is 0 Å². The summed E-state index contributed by atoms with van der Waals surface area (Å²) in [6, 6.07) is 17.6. The average molecular weight is 479 g/mol. The van der Waals surface area contributed by atoms with Crippen molar-refractivity contribution in [3.8, 4) is 0 Å². The molecule has 4 atom stereocenters. The first-order valence-electron chi connectivity index (χ1n) is 13.1. The minimum absolute atomic E-state index is 0.0290. The number of hydrogen-bond donors (Lipinski definition) is 1. The smallest absolute Gasteiger partial charge is 0.397 e. The lowest BCUT2D eigenvalue weighted by molar-refractivity contribution is -0.162. The van der Waals surface area contributed by atoms with Crippen molar-refractivity contribution in [3.05, 3.63) is 70.8 Å². The monoisotopic (exact) mass is 478 g/mol. The molecule has 2 fully saturated rings. The van der Waals surface area contributed by atoms with Crippen molar-refractivity contribution >= 4 is 11.9 Å². The number of hydrogen-bond acceptors (Lipinski definition) is 4. The molecule has 0 spiro atoms. The number of carbonyl (C=O) groups is 2. The number of aryl methyl sites for hydroxylation is 2. The molecule has 2 aliphatic heterocycles. The zero-order valence-corrected chi connectivity index (χ0v) is 22.0. The summed E-state index contributed by atoms with van der Waals surface area (Å²) in [5.41, 5.74) is 5.07. The van der Waals surface area contributed by atoms with E-state index < -0.39 is 11.9 Å². The number of ether oxygens (including phenoxy) is 1. The van der Waals surface area contributed by atoms with E-state index in [9.17, 15) is 9.59 Å². The van der Waals surface area contributed by atoms with Gasteiger partial charge in [0.25, 0.3) is 0 Å². The molecule has 2 saturated heterocycles. The molecule has 4 unspecified atom stereocenters. The fraction of sp³-hybridized carbons (Fsp3) is 0.533. The van der Waals surface area contributed by atoms with Crippen LogP contribution in [0.15, 0.2) is 48.5 Å². The van der Waals surface area contributed by atoms with Gasteiger partial charge in [0, 0.05) is 12.6 Å². The van der Waals surface area contributed by atoms with Crippen molar-refractivity contribution in [2.24, 2.45) is 11.8 Å². The molecule has 35 heavy (non-hydrogen) atoms. The van der Waals surface area contributed by atoms with E-state index >= 15 is 0 Å². The Kier molecular flexibility index (Phi) is 9.91. The van der Waals surface area contributed by atoms with E-state index in [0.717, 1.165) is 24.3 Å². The number of amides is 1. The Hall–Kier alpha value is -2.66. The third-order valence-electron chi connectivity index (χ3n) is 7.13. The minimum Gasteiger partial charge on any atom is -0.459 e. The molecule has 190 valence electrons. The minimum atomic E-state index is -0.747. The molecule has 2 aliphatic rings. The number of piperidine rings is 2. The van der Waals surface area contributed by atoms with E-state index in [0.29, 0.717) is 18.5 Å². The SMILES string of the molecule is CCOC(=O)C(=O)N1CC(C)CCC1c1ccc(C)cc1.Cc1ccc(C2CCC(C)CN2)cc1. The molecule has 0 bridgehead atoms. The number of esters is 1. The predicted molar refractivity (Wildman–Crippen MR) is 141 cm³/mol. The molecule has 0 aliphatic carbocycles. The van der Waals surface area contributed by atoms with Crippen LogP contribution < -0.4 is 5.32 Å². The Morgan fingerprint density at radius 2 is 1.43 bits per heavy atom. The van der Waals surface area contributed by atoms with Crippen molar-refractivity contribution < 1.29 is 14.3 Å². The summed E-state index contributed by atoms with van der Waals surface area (Å²) in [5.74, 6) is -0.0144. The van der Waals surface area contributed by atoms with E-state index in [1.165, 1.54) is 36.1 Å². The number of rotatable bonds is 3. The van der Waals surface area contributed by atoms with Crippen molar-refractivity contribution in [3.63, 3.8) is 0 Å². The van der Waals surface area contributed by atoms with Gasteiger partial charge in [-0.1, -0.05) is 73.5 Å². The van der Waals surface area contributed by atoms with Crippen molar-refractivity contribution in [2.75, 3.05) is 19.7 Å². The summed E-state index contributed by atoms with van der Waals surface area (Å²) in [5, 5.41) is 3.60. The van der Waals surface area contributed by atoms with Gasteiger partial charge in [0.05, 0.1) is 12.6 Å². The van der Waals surface area contributed by atoms with Gasteiger partial charge >= 0.3 is 11.9 Å². The largest absolute Gasteiger partial charge is 0.459 e. The lowest BCUT2D eigenvalue weighted by atomic mass is 9.89. The highest BCUT2D eigenvalue weighted by Crippen LogP contribution is 2.33. The molecule has 5 heteroatoms. The van der Waals surface area contributed by atoms with Gasteiger partial charge in [-0.3, -0.25) is 4.79 Å². The van der Waals surface area contributed by atoms with Crippen LogP contribution >= 0.6 is 0 Å². The highest BCUT2D eigenvalue weighted by molar-refractivity contribution is 6.32. The number of likely N-dealkylation sites (tertiary alicyclic amines) is 1. The maximum Gasteiger partial charge on any atom is 0.397 e. The van der Waals surface area contributed by atoms with Gasteiger partial charge in [-0.15, -0.1) is 0 Å². The van der Waals surface area contributed by atoms with Crippen LogP contribution in [-0.4, -0.2) is 36.5 Å². The summed E-state index contributed by atoms with van der Waals surface area (Å²) >= 11 is 0. The summed E-state index contributed by atoms with van der Waals surface area (Å²) in [6.07, 6.45) is 4.58. The lowest BCUT2D eigenvalue weighted by Gasteiger charge is -2.38. The molecule has 2 aromatic rings. The molecular formula is C30H42N2O3. The second kappa shape index (κ2) is 12.9. The molecule has 2 heterocycles. The molecule has 1 N–H and O–H groups in total. The predicted octanol–water partition coefficient (Wildman–Crippen LogP) is 5.91. The number of nitrogens with one attached hydrogen (secondary N) is 1. The van der Waals surface area contributed by atoms with E-state index in [-0.39, 0.29) is 12.6 Å². The first-order chi connectivity index (χ1) is 16.8. The molecule has 0 aromatic heterocycles. The van der Waals surface area contributed by atoms with Gasteiger partial charge in [0.2, 0.25) is 0 Å². The maximum absolute atomic E-state index is 12.3. The second-order valence-corrected chi connectivity index (χ2v) is 10.3. The third-order valence-corrected chi connectivity index (χ3v) is 7.13. The Balaban J connectivity index is 0.000000211. The van der Waals surface area contributed by atoms with Gasteiger partial charge in [-0.25, -0.2) is 4.79 Å². The van der Waals surface area contributed by atoms with Crippen LogP contribution in [0.3, 0.4) is 0 Å². The quantitative estimate of drug-likeness (QED) is 0.440. The lowest BCUT2D eigenvalue weighted by Crippen LogP contribution is -2.45. The molecule has 2 aromatic carbocycles. The van der Waals surface area contributed by atoms with Crippen LogP contribution in [-0.2, 0) is 14.3 Å². The molecule has 5 nitrogen and oxygen atoms in total. The van der Waals surface area contributed by atoms with Crippen LogP contribution in [0.2, 0.25) is 0 Å². The normalized spacial score (nSPS) is 24.2. The molecule has 0 radical (unpaired) electrons. The first kappa shape index (κ1) is 26.9. The van der Waals surface area contributed by atoms with Gasteiger partial charge in [0.1, 0.15) is 0 Å². The zero-order chi connectivity index (χ0) is 25.4. The summed E-state index contributed by atoms with van der Waals surface area (Å²) < 4.78 is 4.87. The van der Waals surface area contributed by atoms with E-state index in [1.807, 2.05) is 31.2 Å². The summed E-state index contributed by atoms with van der Waals surface area (Å²) in [6.45, 7) is 12.3.